The number of carbonyl (C=O) groups excluding carboxylic acids is 1. The van der Waals surface area contributed by atoms with Crippen molar-refractivity contribution in [1.29, 1.82) is 0 Å². The van der Waals surface area contributed by atoms with Crippen LogP contribution in [0.1, 0.15) is 16.7 Å². The minimum atomic E-state index is -1.04. The van der Waals surface area contributed by atoms with Gasteiger partial charge in [-0.3, -0.25) is 0 Å². The average Bonchev–Trinajstić information content (AvgIpc) is 2.95. The molecular weight excluding hydrogens is 322 g/mol. The van der Waals surface area contributed by atoms with E-state index in [0.29, 0.717) is 5.75 Å². The van der Waals surface area contributed by atoms with Crippen molar-refractivity contribution in [3.63, 3.8) is 0 Å². The Balaban J connectivity index is 1.77. The Morgan fingerprint density at radius 3 is 2.48 bits per heavy atom. The second-order valence-electron chi connectivity index (χ2n) is 5.45. The van der Waals surface area contributed by atoms with Gasteiger partial charge in [0, 0.05) is 5.56 Å². The number of benzene rings is 2. The van der Waals surface area contributed by atoms with Crippen molar-refractivity contribution in [3.05, 3.63) is 70.9 Å². The van der Waals surface area contributed by atoms with Crippen LogP contribution >= 0.6 is 0 Å². The predicted octanol–water partition coefficient (Wildman–Crippen LogP) is 2.80. The predicted molar refractivity (Wildman–Crippen MR) is 91.4 cm³/mol. The molecule has 0 aliphatic carbocycles. The van der Waals surface area contributed by atoms with Gasteiger partial charge in [0.2, 0.25) is 5.90 Å². The van der Waals surface area contributed by atoms with E-state index in [1.165, 1.54) is 0 Å². The highest BCUT2D eigenvalue weighted by atomic mass is 16.6. The number of hydrogen-bond acceptors (Lipinski definition) is 5. The maximum atomic E-state index is 12.0. The number of carboxylic acids is 1. The molecule has 0 fully saturated rings. The summed E-state index contributed by atoms with van der Waals surface area (Å²) in [5.41, 5.74) is 2.77. The van der Waals surface area contributed by atoms with Gasteiger partial charge in [0.1, 0.15) is 5.75 Å². The SMILES string of the molecule is Cc1ccc(C2=NC(=Cc3ccc(OCC(=O)O)cc3)C(=O)O2)cc1. The molecule has 0 amide bonds. The van der Waals surface area contributed by atoms with Crippen LogP contribution in [0.2, 0.25) is 0 Å². The third-order valence-corrected chi connectivity index (χ3v) is 3.46. The zero-order chi connectivity index (χ0) is 17.8. The van der Waals surface area contributed by atoms with Gasteiger partial charge in [0.25, 0.3) is 0 Å². The normalized spacial score (nSPS) is 15.0. The number of ether oxygens (including phenoxy) is 2. The molecule has 0 spiro atoms. The van der Waals surface area contributed by atoms with Crippen LogP contribution in [0.15, 0.2) is 59.2 Å². The summed E-state index contributed by atoms with van der Waals surface area (Å²) in [6.45, 7) is 1.57. The molecule has 0 unspecified atom stereocenters. The first-order valence-electron chi connectivity index (χ1n) is 7.55. The van der Waals surface area contributed by atoms with Gasteiger partial charge in [-0.25, -0.2) is 14.6 Å². The minimum absolute atomic E-state index is 0.203. The van der Waals surface area contributed by atoms with Gasteiger partial charge in [-0.2, -0.15) is 0 Å². The Labute approximate surface area is 144 Å². The third kappa shape index (κ3) is 4.11. The molecule has 2 aromatic carbocycles. The fourth-order valence-electron chi connectivity index (χ4n) is 2.19. The molecule has 1 N–H and O–H groups in total. The van der Waals surface area contributed by atoms with Crippen LogP contribution in [0, 0.1) is 6.92 Å². The molecular formula is C19H15NO5. The van der Waals surface area contributed by atoms with Gasteiger partial charge in [-0.1, -0.05) is 29.8 Å². The lowest BCUT2D eigenvalue weighted by atomic mass is 10.1. The Hall–Kier alpha value is -3.41. The molecule has 3 rings (SSSR count). The van der Waals surface area contributed by atoms with E-state index in [2.05, 4.69) is 4.99 Å². The molecule has 0 radical (unpaired) electrons. The van der Waals surface area contributed by atoms with E-state index in [4.69, 9.17) is 14.6 Å². The number of rotatable bonds is 5. The number of esters is 1. The fourth-order valence-corrected chi connectivity index (χ4v) is 2.19. The van der Waals surface area contributed by atoms with Crippen LogP contribution in [0.3, 0.4) is 0 Å². The molecule has 0 aromatic heterocycles. The quantitative estimate of drug-likeness (QED) is 0.670. The van der Waals surface area contributed by atoms with Gasteiger partial charge in [0.05, 0.1) is 0 Å². The molecule has 1 aliphatic heterocycles. The second-order valence-corrected chi connectivity index (χ2v) is 5.45. The van der Waals surface area contributed by atoms with Crippen LogP contribution in [0.5, 0.6) is 5.75 Å². The summed E-state index contributed by atoms with van der Waals surface area (Å²) in [6, 6.07) is 14.2. The van der Waals surface area contributed by atoms with Crippen molar-refractivity contribution in [1.82, 2.24) is 0 Å². The molecule has 0 bridgehead atoms. The smallest absolute Gasteiger partial charge is 0.363 e. The molecule has 0 saturated heterocycles. The summed E-state index contributed by atoms with van der Waals surface area (Å²) in [7, 11) is 0. The van der Waals surface area contributed by atoms with Gasteiger partial charge in [-0.05, 0) is 42.8 Å². The minimum Gasteiger partial charge on any atom is -0.482 e. The van der Waals surface area contributed by atoms with Crippen LogP contribution in [0.4, 0.5) is 0 Å². The number of aryl methyl sites for hydroxylation is 1. The lowest BCUT2D eigenvalue weighted by Crippen LogP contribution is -2.09. The molecule has 0 atom stereocenters. The van der Waals surface area contributed by atoms with Crippen LogP contribution in [0.25, 0.3) is 6.08 Å². The number of hydrogen-bond donors (Lipinski definition) is 1. The summed E-state index contributed by atoms with van der Waals surface area (Å²) in [5, 5.41) is 8.58. The van der Waals surface area contributed by atoms with Crippen molar-refractivity contribution in [3.8, 4) is 5.75 Å². The topological polar surface area (TPSA) is 85.2 Å². The van der Waals surface area contributed by atoms with Crippen molar-refractivity contribution in [2.45, 2.75) is 6.92 Å². The maximum Gasteiger partial charge on any atom is 0.363 e. The molecule has 1 aliphatic rings. The Morgan fingerprint density at radius 2 is 1.84 bits per heavy atom. The number of aliphatic carboxylic acids is 1. The number of nitrogens with zero attached hydrogens (tertiary/aromatic N) is 1. The summed E-state index contributed by atoms with van der Waals surface area (Å²) in [6.07, 6.45) is 1.60. The van der Waals surface area contributed by atoms with Gasteiger partial charge < -0.3 is 14.6 Å². The highest BCUT2D eigenvalue weighted by molar-refractivity contribution is 6.12. The highest BCUT2D eigenvalue weighted by Gasteiger charge is 2.23. The molecule has 2 aromatic rings. The lowest BCUT2D eigenvalue weighted by molar-refractivity contribution is -0.139. The van der Waals surface area contributed by atoms with Crippen molar-refractivity contribution in [2.24, 2.45) is 4.99 Å². The van der Waals surface area contributed by atoms with Crippen molar-refractivity contribution < 1.29 is 24.2 Å². The summed E-state index contributed by atoms with van der Waals surface area (Å²) in [5.74, 6) is -0.847. The summed E-state index contributed by atoms with van der Waals surface area (Å²) in [4.78, 5) is 26.7. The second kappa shape index (κ2) is 7.00. The number of carboxylic acid groups (broad SMARTS) is 1. The molecule has 1 heterocycles. The van der Waals surface area contributed by atoms with Gasteiger partial charge >= 0.3 is 11.9 Å². The maximum absolute atomic E-state index is 12.0. The number of cyclic esters (lactones) is 1. The molecule has 25 heavy (non-hydrogen) atoms. The van der Waals surface area contributed by atoms with Crippen LogP contribution in [-0.4, -0.2) is 29.5 Å². The van der Waals surface area contributed by atoms with E-state index in [0.717, 1.165) is 16.7 Å². The monoisotopic (exact) mass is 337 g/mol. The van der Waals surface area contributed by atoms with Gasteiger partial charge in [-0.15, -0.1) is 0 Å². The van der Waals surface area contributed by atoms with E-state index < -0.39 is 18.5 Å². The number of aliphatic imine (C=N–C) groups is 1. The number of carbonyl (C=O) groups is 2. The third-order valence-electron chi connectivity index (χ3n) is 3.46. The van der Waals surface area contributed by atoms with E-state index in [1.807, 2.05) is 31.2 Å². The van der Waals surface area contributed by atoms with Crippen LogP contribution < -0.4 is 4.74 Å². The van der Waals surface area contributed by atoms with Crippen molar-refractivity contribution in [2.75, 3.05) is 6.61 Å². The largest absolute Gasteiger partial charge is 0.482 e. The highest BCUT2D eigenvalue weighted by Crippen LogP contribution is 2.20. The first-order valence-corrected chi connectivity index (χ1v) is 7.55. The van der Waals surface area contributed by atoms with Crippen molar-refractivity contribution >= 4 is 23.9 Å². The standard InChI is InChI=1S/C19H15NO5/c1-12-2-6-14(7-3-12)18-20-16(19(23)25-18)10-13-4-8-15(9-5-13)24-11-17(21)22/h2-10H,11H2,1H3,(H,21,22). The molecule has 126 valence electrons. The molecule has 6 heteroatoms. The zero-order valence-corrected chi connectivity index (χ0v) is 13.4. The summed E-state index contributed by atoms with van der Waals surface area (Å²) < 4.78 is 10.3. The van der Waals surface area contributed by atoms with Crippen LogP contribution in [-0.2, 0) is 14.3 Å². The first kappa shape index (κ1) is 16.4. The Morgan fingerprint density at radius 1 is 1.16 bits per heavy atom. The first-order chi connectivity index (χ1) is 12.0. The average molecular weight is 337 g/mol. The van der Waals surface area contributed by atoms with E-state index in [-0.39, 0.29) is 11.6 Å². The molecule has 0 saturated carbocycles. The zero-order valence-electron chi connectivity index (χ0n) is 13.4. The lowest BCUT2D eigenvalue weighted by Gasteiger charge is -2.02. The van der Waals surface area contributed by atoms with E-state index >= 15 is 0 Å². The Bertz CT molecular complexity index is 864. The van der Waals surface area contributed by atoms with Gasteiger partial charge in [0.15, 0.2) is 12.3 Å². The van der Waals surface area contributed by atoms with E-state index in [1.54, 1.807) is 30.3 Å². The fraction of sp³-hybridized carbons (Fsp3) is 0.105. The Kier molecular flexibility index (Phi) is 4.61. The summed E-state index contributed by atoms with van der Waals surface area (Å²) >= 11 is 0. The van der Waals surface area contributed by atoms with E-state index in [9.17, 15) is 9.59 Å². The molecule has 6 nitrogen and oxygen atoms in total.